The summed E-state index contributed by atoms with van der Waals surface area (Å²) in [4.78, 5) is 19.0. The zero-order chi connectivity index (χ0) is 31.5. The Bertz CT molecular complexity index is 1180. The number of hydrogen-bond donors (Lipinski definition) is 5. The van der Waals surface area contributed by atoms with E-state index in [9.17, 15) is 18.0 Å². The molecule has 11 heteroatoms. The fraction of sp³-hybridized carbons (Fsp3) is 0.484. The van der Waals surface area contributed by atoms with Crippen molar-refractivity contribution in [1.29, 1.82) is 0 Å². The van der Waals surface area contributed by atoms with Crippen molar-refractivity contribution in [3.05, 3.63) is 59.1 Å². The van der Waals surface area contributed by atoms with E-state index in [0.29, 0.717) is 13.0 Å². The first-order chi connectivity index (χ1) is 19.9. The summed E-state index contributed by atoms with van der Waals surface area (Å²) in [6.45, 7) is 4.85. The molecular weight excluding hydrogens is 571 g/mol. The van der Waals surface area contributed by atoms with Crippen LogP contribution in [0.5, 0.6) is 0 Å². The molecule has 42 heavy (non-hydrogen) atoms. The fourth-order valence-electron chi connectivity index (χ4n) is 4.23. The van der Waals surface area contributed by atoms with Gasteiger partial charge in [-0.25, -0.2) is 4.79 Å². The van der Waals surface area contributed by atoms with E-state index in [1.807, 2.05) is 0 Å². The van der Waals surface area contributed by atoms with Crippen LogP contribution in [-0.2, 0) is 16.1 Å². The number of nitrogens with two attached hydrogens (primary N) is 2. The highest BCUT2D eigenvalue weighted by atomic mass is 35.5. The number of rotatable bonds is 14. The van der Waals surface area contributed by atoms with E-state index in [2.05, 4.69) is 60.8 Å². The highest BCUT2D eigenvalue weighted by Gasteiger charge is 2.38. The van der Waals surface area contributed by atoms with Gasteiger partial charge in [-0.05, 0) is 48.7 Å². The Morgan fingerprint density at radius 3 is 1.79 bits per heavy atom. The molecule has 0 amide bonds. The number of carboxylic acid groups (broad SMARTS) is 2. The van der Waals surface area contributed by atoms with E-state index in [0.717, 1.165) is 41.7 Å². The monoisotopic (exact) mass is 613 g/mol. The average Bonchev–Trinajstić information content (AvgIpc) is 2.96. The average molecular weight is 614 g/mol. The first kappa shape index (κ1) is 37.1. The first-order valence-electron chi connectivity index (χ1n) is 14.2. The van der Waals surface area contributed by atoms with Crippen molar-refractivity contribution in [3.63, 3.8) is 0 Å². The second-order valence-electron chi connectivity index (χ2n) is 9.86. The number of carboxylic acids is 2. The second-order valence-corrected chi connectivity index (χ2v) is 10.2. The van der Waals surface area contributed by atoms with Crippen molar-refractivity contribution in [1.82, 2.24) is 5.32 Å². The van der Waals surface area contributed by atoms with Gasteiger partial charge in [-0.15, -0.1) is 0 Å². The standard InChI is InChI=1S/C23H28ClN.C6H14N2O2.C2HF3O2/c1-2-3-4-5-6-11-16-25-17-22-18-12-7-9-14-20(18)23(24)21-15-10-8-13-19(21)22;7-4-2-1-3-5(8)6(9)10;3-2(4,5)1(6)7/h7-10,12-15,25H,2-6,11,16-17H2,1H3;5H,1-4,7-8H2,(H,9,10);(H,6,7)/t;5-;/m.0./s1. The summed E-state index contributed by atoms with van der Waals surface area (Å²) >= 11 is 6.67. The number of hydrogen-bond acceptors (Lipinski definition) is 5. The van der Waals surface area contributed by atoms with Gasteiger partial charge in [0.15, 0.2) is 0 Å². The minimum atomic E-state index is -5.08. The van der Waals surface area contributed by atoms with Crippen LogP contribution in [0, 0.1) is 0 Å². The fourth-order valence-corrected chi connectivity index (χ4v) is 4.56. The van der Waals surface area contributed by atoms with Gasteiger partial charge in [-0.3, -0.25) is 4.79 Å². The molecule has 7 nitrogen and oxygen atoms in total. The Labute approximate surface area is 250 Å². The molecule has 7 N–H and O–H groups in total. The van der Waals surface area contributed by atoms with E-state index in [1.54, 1.807) is 0 Å². The molecule has 1 atom stereocenters. The molecule has 0 saturated heterocycles. The van der Waals surface area contributed by atoms with Gasteiger partial charge in [0.05, 0.1) is 5.02 Å². The maximum absolute atomic E-state index is 10.6. The largest absolute Gasteiger partial charge is 0.490 e. The molecule has 0 unspecified atom stereocenters. The molecule has 0 aliphatic carbocycles. The van der Waals surface area contributed by atoms with Crippen molar-refractivity contribution < 1.29 is 33.0 Å². The predicted octanol–water partition coefficient (Wildman–Crippen LogP) is 7.26. The molecule has 0 radical (unpaired) electrons. The second kappa shape index (κ2) is 20.1. The third-order valence-electron chi connectivity index (χ3n) is 6.52. The molecule has 234 valence electrons. The normalized spacial score (nSPS) is 11.8. The number of nitrogens with one attached hydrogen (secondary N) is 1. The highest BCUT2D eigenvalue weighted by Crippen LogP contribution is 2.35. The molecule has 3 aromatic carbocycles. The minimum Gasteiger partial charge on any atom is -0.480 e. The quantitative estimate of drug-likeness (QED) is 0.0952. The Hall–Kier alpha value is -2.92. The van der Waals surface area contributed by atoms with Crippen LogP contribution in [-0.4, -0.2) is 47.5 Å². The number of benzene rings is 3. The topological polar surface area (TPSA) is 139 Å². The van der Waals surface area contributed by atoms with Gasteiger partial charge in [0, 0.05) is 17.3 Å². The molecule has 0 spiro atoms. The maximum atomic E-state index is 10.6. The summed E-state index contributed by atoms with van der Waals surface area (Å²) < 4.78 is 31.7. The summed E-state index contributed by atoms with van der Waals surface area (Å²) in [6.07, 6.45) is 5.09. The van der Waals surface area contributed by atoms with Crippen molar-refractivity contribution in [2.75, 3.05) is 13.1 Å². The van der Waals surface area contributed by atoms with Crippen molar-refractivity contribution in [2.45, 2.75) is 83.5 Å². The summed E-state index contributed by atoms with van der Waals surface area (Å²) in [5.41, 5.74) is 11.8. The van der Waals surface area contributed by atoms with E-state index >= 15 is 0 Å². The zero-order valence-corrected chi connectivity index (χ0v) is 24.8. The third kappa shape index (κ3) is 13.4. The molecule has 0 aliphatic rings. The van der Waals surface area contributed by atoms with Gasteiger partial charge in [0.25, 0.3) is 0 Å². The van der Waals surface area contributed by atoms with Gasteiger partial charge >= 0.3 is 18.1 Å². The zero-order valence-electron chi connectivity index (χ0n) is 24.1. The molecule has 3 rings (SSSR count). The summed E-state index contributed by atoms with van der Waals surface area (Å²) in [5, 5.41) is 24.8. The van der Waals surface area contributed by atoms with Crippen molar-refractivity contribution in [2.24, 2.45) is 11.5 Å². The number of halogens is 4. The molecule has 0 aromatic heterocycles. The Kier molecular flexibility index (Phi) is 17.7. The van der Waals surface area contributed by atoms with Crippen LogP contribution in [0.1, 0.15) is 70.3 Å². The smallest absolute Gasteiger partial charge is 0.480 e. The van der Waals surface area contributed by atoms with Crippen LogP contribution in [0.3, 0.4) is 0 Å². The van der Waals surface area contributed by atoms with Gasteiger partial charge in [-0.1, -0.05) is 106 Å². The summed E-state index contributed by atoms with van der Waals surface area (Å²) in [5.74, 6) is -3.69. The predicted molar refractivity (Wildman–Crippen MR) is 164 cm³/mol. The lowest BCUT2D eigenvalue weighted by atomic mass is 9.96. The molecule has 3 aromatic rings. The number of carbonyl (C=O) groups is 2. The van der Waals surface area contributed by atoms with Gasteiger partial charge in [0.2, 0.25) is 0 Å². The van der Waals surface area contributed by atoms with Crippen LogP contribution >= 0.6 is 11.6 Å². The molecule has 0 aliphatic heterocycles. The third-order valence-corrected chi connectivity index (χ3v) is 6.92. The van der Waals surface area contributed by atoms with Crippen LogP contribution in [0.2, 0.25) is 5.02 Å². The van der Waals surface area contributed by atoms with E-state index < -0.39 is 24.2 Å². The Balaban J connectivity index is 0.000000429. The number of fused-ring (bicyclic) bond motifs is 2. The first-order valence-corrected chi connectivity index (χ1v) is 14.6. The maximum Gasteiger partial charge on any atom is 0.490 e. The van der Waals surface area contributed by atoms with E-state index in [1.165, 1.54) is 54.9 Å². The molecule has 0 heterocycles. The Morgan fingerprint density at radius 1 is 0.857 bits per heavy atom. The van der Waals surface area contributed by atoms with Crippen LogP contribution < -0.4 is 16.8 Å². The minimum absolute atomic E-state index is 0.520. The molecular formula is C31H43ClF3N3O4. The van der Waals surface area contributed by atoms with Crippen molar-refractivity contribution >= 4 is 45.1 Å². The molecule has 0 fully saturated rings. The summed E-state index contributed by atoms with van der Waals surface area (Å²) in [7, 11) is 0. The van der Waals surface area contributed by atoms with Gasteiger partial charge in [0.1, 0.15) is 6.04 Å². The van der Waals surface area contributed by atoms with Crippen LogP contribution in [0.4, 0.5) is 13.2 Å². The summed E-state index contributed by atoms with van der Waals surface area (Å²) in [6, 6.07) is 16.3. The number of alkyl halides is 3. The van der Waals surface area contributed by atoms with Crippen molar-refractivity contribution in [3.8, 4) is 0 Å². The van der Waals surface area contributed by atoms with E-state index in [-0.39, 0.29) is 0 Å². The lowest BCUT2D eigenvalue weighted by molar-refractivity contribution is -0.192. The van der Waals surface area contributed by atoms with Crippen LogP contribution in [0.15, 0.2) is 48.5 Å². The molecule has 0 saturated carbocycles. The lowest BCUT2D eigenvalue weighted by Gasteiger charge is -2.14. The molecule has 0 bridgehead atoms. The SMILES string of the molecule is CCCCCCCCNCc1c2ccccc2c(Cl)c2ccccc12.NCCCC[C@H](N)C(=O)O.O=C(O)C(F)(F)F. The lowest BCUT2D eigenvalue weighted by Crippen LogP contribution is -2.29. The Morgan fingerprint density at radius 2 is 1.33 bits per heavy atom. The van der Waals surface area contributed by atoms with E-state index in [4.69, 9.17) is 38.1 Å². The van der Waals surface area contributed by atoms with Gasteiger partial charge in [-0.2, -0.15) is 13.2 Å². The van der Waals surface area contributed by atoms with Crippen LogP contribution in [0.25, 0.3) is 21.5 Å². The number of aliphatic carboxylic acids is 2. The highest BCUT2D eigenvalue weighted by molar-refractivity contribution is 6.41. The number of unbranched alkanes of at least 4 members (excludes halogenated alkanes) is 6. The van der Waals surface area contributed by atoms with Gasteiger partial charge < -0.3 is 27.0 Å².